The second-order valence-electron chi connectivity index (χ2n) is 5.00. The Bertz CT molecular complexity index is 944. The molecule has 0 aliphatic carbocycles. The number of aryl methyl sites for hydroxylation is 1. The first kappa shape index (κ1) is 15.4. The molecule has 5 nitrogen and oxygen atoms in total. The van der Waals surface area contributed by atoms with Gasteiger partial charge in [0.15, 0.2) is 0 Å². The van der Waals surface area contributed by atoms with E-state index in [2.05, 4.69) is 4.98 Å². The number of halogens is 1. The number of carboxylic acid groups (broad SMARTS) is 1. The summed E-state index contributed by atoms with van der Waals surface area (Å²) in [6, 6.07) is 5.82. The maximum Gasteiger partial charge on any atom is 0.323 e. The number of carboxylic acids is 1. The van der Waals surface area contributed by atoms with E-state index in [0.717, 1.165) is 0 Å². The number of aliphatic carboxylic acids is 1. The molecule has 1 N–H and O–H groups in total. The van der Waals surface area contributed by atoms with Crippen molar-refractivity contribution < 1.29 is 14.3 Å². The van der Waals surface area contributed by atoms with E-state index in [4.69, 9.17) is 5.11 Å². The number of fused-ring (bicyclic) bond motifs is 1. The molecule has 23 heavy (non-hydrogen) atoms. The topological polar surface area (TPSA) is 72.2 Å². The minimum Gasteiger partial charge on any atom is -0.480 e. The maximum absolute atomic E-state index is 13.1. The van der Waals surface area contributed by atoms with Gasteiger partial charge in [0.25, 0.3) is 5.56 Å². The van der Waals surface area contributed by atoms with Crippen molar-refractivity contribution in [2.24, 2.45) is 0 Å². The van der Waals surface area contributed by atoms with Crippen molar-refractivity contribution in [3.63, 3.8) is 0 Å². The van der Waals surface area contributed by atoms with Gasteiger partial charge in [0.2, 0.25) is 0 Å². The molecule has 0 unspecified atom stereocenters. The third-order valence-corrected chi connectivity index (χ3v) is 4.41. The third kappa shape index (κ3) is 2.75. The van der Waals surface area contributed by atoms with E-state index in [-0.39, 0.29) is 11.4 Å². The molecule has 3 rings (SSSR count). The smallest absolute Gasteiger partial charge is 0.323 e. The molecule has 2 aromatic heterocycles. The minimum absolute atomic E-state index is 0.358. The van der Waals surface area contributed by atoms with Crippen LogP contribution < -0.4 is 5.56 Å². The average molecular weight is 332 g/mol. The van der Waals surface area contributed by atoms with E-state index >= 15 is 0 Å². The van der Waals surface area contributed by atoms with Gasteiger partial charge in [-0.2, -0.15) is 0 Å². The van der Waals surface area contributed by atoms with Gasteiger partial charge in [-0.1, -0.05) is 19.1 Å². The number of aromatic nitrogens is 2. The highest BCUT2D eigenvalue weighted by Gasteiger charge is 2.17. The molecule has 0 saturated carbocycles. The number of benzene rings is 1. The van der Waals surface area contributed by atoms with Crippen molar-refractivity contribution in [3.8, 4) is 11.1 Å². The van der Waals surface area contributed by atoms with Crippen molar-refractivity contribution in [1.29, 1.82) is 0 Å². The van der Waals surface area contributed by atoms with Crippen LogP contribution in [0.2, 0.25) is 0 Å². The van der Waals surface area contributed by atoms with Gasteiger partial charge >= 0.3 is 5.97 Å². The highest BCUT2D eigenvalue weighted by Crippen LogP contribution is 2.31. The molecule has 0 aliphatic rings. The molecule has 3 aromatic rings. The lowest BCUT2D eigenvalue weighted by atomic mass is 10.1. The number of carbonyl (C=O) groups is 1. The summed E-state index contributed by atoms with van der Waals surface area (Å²) in [4.78, 5) is 28.8. The van der Waals surface area contributed by atoms with Crippen molar-refractivity contribution >= 4 is 27.5 Å². The number of hydrogen-bond donors (Lipinski definition) is 1. The largest absolute Gasteiger partial charge is 0.480 e. The molecule has 118 valence electrons. The van der Waals surface area contributed by atoms with E-state index < -0.39 is 12.5 Å². The summed E-state index contributed by atoms with van der Waals surface area (Å²) >= 11 is 1.32. The summed E-state index contributed by atoms with van der Waals surface area (Å²) < 4.78 is 14.3. The van der Waals surface area contributed by atoms with Gasteiger partial charge in [0, 0.05) is 17.4 Å². The quantitative estimate of drug-likeness (QED) is 0.797. The second kappa shape index (κ2) is 5.92. The van der Waals surface area contributed by atoms with E-state index in [9.17, 15) is 14.0 Å². The Balaban J connectivity index is 2.28. The first-order chi connectivity index (χ1) is 11.0. The molecule has 2 heterocycles. The van der Waals surface area contributed by atoms with Gasteiger partial charge in [-0.3, -0.25) is 14.2 Å². The average Bonchev–Trinajstić information content (AvgIpc) is 2.94. The predicted molar refractivity (Wildman–Crippen MR) is 86.3 cm³/mol. The van der Waals surface area contributed by atoms with Crippen LogP contribution in [0.3, 0.4) is 0 Å². The SMILES string of the molecule is CCc1nc2scc(-c3ccc(F)cc3)c2c(=O)n1CC(=O)O. The molecular weight excluding hydrogens is 319 g/mol. The normalized spacial score (nSPS) is 11.0. The summed E-state index contributed by atoms with van der Waals surface area (Å²) in [5.74, 6) is -1.01. The van der Waals surface area contributed by atoms with Crippen molar-refractivity contribution in [2.45, 2.75) is 19.9 Å². The second-order valence-corrected chi connectivity index (χ2v) is 5.86. The van der Waals surface area contributed by atoms with E-state index in [1.807, 2.05) is 6.92 Å². The lowest BCUT2D eigenvalue weighted by Crippen LogP contribution is -2.28. The Morgan fingerprint density at radius 3 is 2.65 bits per heavy atom. The zero-order chi connectivity index (χ0) is 16.6. The Hall–Kier alpha value is -2.54. The lowest BCUT2D eigenvalue weighted by Gasteiger charge is -2.09. The predicted octanol–water partition coefficient (Wildman–Crippen LogP) is 2.91. The fraction of sp³-hybridized carbons (Fsp3) is 0.188. The molecule has 0 radical (unpaired) electrons. The number of rotatable bonds is 4. The molecule has 0 spiro atoms. The van der Waals surface area contributed by atoms with Crippen LogP contribution in [0.15, 0.2) is 34.4 Å². The molecule has 0 aliphatic heterocycles. The van der Waals surface area contributed by atoms with E-state index in [1.54, 1.807) is 17.5 Å². The Morgan fingerprint density at radius 1 is 1.35 bits per heavy atom. The highest BCUT2D eigenvalue weighted by atomic mass is 32.1. The van der Waals surface area contributed by atoms with Gasteiger partial charge in [0.05, 0.1) is 5.39 Å². The van der Waals surface area contributed by atoms with E-state index in [0.29, 0.717) is 33.6 Å². The van der Waals surface area contributed by atoms with Crippen LogP contribution in [0.5, 0.6) is 0 Å². The van der Waals surface area contributed by atoms with Crippen molar-refractivity contribution in [2.75, 3.05) is 0 Å². The highest BCUT2D eigenvalue weighted by molar-refractivity contribution is 7.17. The van der Waals surface area contributed by atoms with Crippen LogP contribution >= 0.6 is 11.3 Å². The standard InChI is InChI=1S/C16H13FN2O3S/c1-2-12-18-15-14(16(22)19(12)7-13(20)21)11(8-23-15)9-3-5-10(17)6-4-9/h3-6,8H,2,7H2,1H3,(H,20,21). The van der Waals surface area contributed by atoms with E-state index in [1.165, 1.54) is 28.0 Å². The monoisotopic (exact) mass is 332 g/mol. The number of hydrogen-bond acceptors (Lipinski definition) is 4. The first-order valence-corrected chi connectivity index (χ1v) is 7.88. The fourth-order valence-electron chi connectivity index (χ4n) is 2.48. The van der Waals surface area contributed by atoms with Gasteiger partial charge < -0.3 is 5.11 Å². The molecule has 0 saturated heterocycles. The molecule has 0 atom stereocenters. The summed E-state index contributed by atoms with van der Waals surface area (Å²) in [6.45, 7) is 1.39. The van der Waals surface area contributed by atoms with Crippen LogP contribution in [-0.4, -0.2) is 20.6 Å². The molecular formula is C16H13FN2O3S. The van der Waals surface area contributed by atoms with Gasteiger partial charge in [-0.15, -0.1) is 11.3 Å². The summed E-state index contributed by atoms with van der Waals surface area (Å²) in [5, 5.41) is 11.2. The molecule has 0 bridgehead atoms. The summed E-state index contributed by atoms with van der Waals surface area (Å²) in [6.07, 6.45) is 0.461. The fourth-order valence-corrected chi connectivity index (χ4v) is 3.43. The summed E-state index contributed by atoms with van der Waals surface area (Å²) in [5.41, 5.74) is 0.960. The lowest BCUT2D eigenvalue weighted by molar-refractivity contribution is -0.137. The summed E-state index contributed by atoms with van der Waals surface area (Å²) in [7, 11) is 0. The van der Waals surface area contributed by atoms with Gasteiger partial charge in [-0.05, 0) is 17.7 Å². The molecule has 1 aromatic carbocycles. The van der Waals surface area contributed by atoms with Crippen molar-refractivity contribution in [1.82, 2.24) is 9.55 Å². The van der Waals surface area contributed by atoms with Crippen LogP contribution in [-0.2, 0) is 17.8 Å². The Morgan fingerprint density at radius 2 is 2.04 bits per heavy atom. The molecule has 7 heteroatoms. The maximum atomic E-state index is 13.1. The van der Waals surface area contributed by atoms with Crippen LogP contribution in [0.4, 0.5) is 4.39 Å². The third-order valence-electron chi connectivity index (χ3n) is 3.54. The zero-order valence-electron chi connectivity index (χ0n) is 12.2. The first-order valence-electron chi connectivity index (χ1n) is 7.00. The molecule has 0 amide bonds. The number of thiophene rings is 1. The van der Waals surface area contributed by atoms with Gasteiger partial charge in [0.1, 0.15) is 23.0 Å². The minimum atomic E-state index is -1.10. The van der Waals surface area contributed by atoms with Crippen LogP contribution in [0, 0.1) is 5.82 Å². The Kier molecular flexibility index (Phi) is 3.96. The van der Waals surface area contributed by atoms with Crippen LogP contribution in [0.1, 0.15) is 12.7 Å². The van der Waals surface area contributed by atoms with Gasteiger partial charge in [-0.25, -0.2) is 9.37 Å². The van der Waals surface area contributed by atoms with Crippen LogP contribution in [0.25, 0.3) is 21.3 Å². The van der Waals surface area contributed by atoms with Crippen molar-refractivity contribution in [3.05, 3.63) is 51.6 Å². The Labute approximate surface area is 134 Å². The molecule has 0 fully saturated rings. The number of nitrogens with zero attached hydrogens (tertiary/aromatic N) is 2. The zero-order valence-corrected chi connectivity index (χ0v) is 13.1.